The molecule has 2 saturated carbocycles. The molecular formula is C14H21NO3S. The summed E-state index contributed by atoms with van der Waals surface area (Å²) in [6.07, 6.45) is 7.58. The van der Waals surface area contributed by atoms with E-state index in [4.69, 9.17) is 0 Å². The molecule has 4 nitrogen and oxygen atoms in total. The van der Waals surface area contributed by atoms with Crippen molar-refractivity contribution in [2.24, 2.45) is 11.8 Å². The van der Waals surface area contributed by atoms with Crippen LogP contribution < -0.4 is 0 Å². The van der Waals surface area contributed by atoms with Gasteiger partial charge < -0.3 is 10.0 Å². The highest BCUT2D eigenvalue weighted by atomic mass is 32.2. The predicted octanol–water partition coefficient (Wildman–Crippen LogP) is 2.33. The van der Waals surface area contributed by atoms with E-state index in [-0.39, 0.29) is 11.3 Å². The molecule has 1 N–H and O–H groups in total. The third kappa shape index (κ3) is 2.76. The molecule has 0 spiro atoms. The summed E-state index contributed by atoms with van der Waals surface area (Å²) in [4.78, 5) is 25.6. The van der Waals surface area contributed by atoms with Crippen molar-refractivity contribution in [1.82, 2.24) is 4.90 Å². The third-order valence-corrected chi connectivity index (χ3v) is 6.03. The van der Waals surface area contributed by atoms with Gasteiger partial charge in [-0.3, -0.25) is 4.79 Å². The second-order valence-corrected chi connectivity index (χ2v) is 7.22. The van der Waals surface area contributed by atoms with E-state index in [0.717, 1.165) is 25.7 Å². The number of aliphatic carboxylic acids is 1. The highest BCUT2D eigenvalue weighted by Gasteiger charge is 2.48. The van der Waals surface area contributed by atoms with Gasteiger partial charge in [0.2, 0.25) is 5.91 Å². The van der Waals surface area contributed by atoms with E-state index in [1.54, 1.807) is 16.7 Å². The Morgan fingerprint density at radius 2 is 1.84 bits per heavy atom. The number of amides is 1. The number of rotatable bonds is 4. The maximum absolute atomic E-state index is 12.5. The minimum atomic E-state index is -0.838. The summed E-state index contributed by atoms with van der Waals surface area (Å²) in [5.74, 6) is 0.846. The van der Waals surface area contributed by atoms with Crippen LogP contribution in [0.5, 0.6) is 0 Å². The average Bonchev–Trinajstić information content (AvgIpc) is 2.91. The molecule has 1 aliphatic heterocycles. The van der Waals surface area contributed by atoms with Crippen LogP contribution in [0.4, 0.5) is 0 Å². The molecule has 2 atom stereocenters. The number of thioether (sulfide) groups is 1. The molecule has 3 aliphatic rings. The van der Waals surface area contributed by atoms with Gasteiger partial charge in [-0.05, 0) is 37.5 Å². The Morgan fingerprint density at radius 1 is 1.16 bits per heavy atom. The summed E-state index contributed by atoms with van der Waals surface area (Å²) >= 11 is 1.67. The minimum absolute atomic E-state index is 0.0844. The number of carbonyl (C=O) groups excluding carboxylic acids is 1. The molecule has 2 aliphatic carbocycles. The number of carbonyl (C=O) groups is 2. The lowest BCUT2D eigenvalue weighted by molar-refractivity contribution is -0.149. The van der Waals surface area contributed by atoms with E-state index < -0.39 is 12.0 Å². The molecule has 19 heavy (non-hydrogen) atoms. The molecule has 0 radical (unpaired) electrons. The molecule has 2 unspecified atom stereocenters. The van der Waals surface area contributed by atoms with Gasteiger partial charge >= 0.3 is 5.97 Å². The summed E-state index contributed by atoms with van der Waals surface area (Å²) in [7, 11) is 0. The van der Waals surface area contributed by atoms with Gasteiger partial charge in [0, 0.05) is 12.2 Å². The topological polar surface area (TPSA) is 57.6 Å². The van der Waals surface area contributed by atoms with Crippen molar-refractivity contribution in [3.63, 3.8) is 0 Å². The molecule has 5 heteroatoms. The van der Waals surface area contributed by atoms with Crippen LogP contribution in [0.2, 0.25) is 0 Å². The first kappa shape index (κ1) is 13.3. The van der Waals surface area contributed by atoms with Gasteiger partial charge in [0.25, 0.3) is 0 Å². The van der Waals surface area contributed by atoms with Crippen molar-refractivity contribution < 1.29 is 14.7 Å². The highest BCUT2D eigenvalue weighted by Crippen LogP contribution is 2.46. The van der Waals surface area contributed by atoms with Gasteiger partial charge in [-0.1, -0.05) is 12.8 Å². The maximum atomic E-state index is 12.5. The fraction of sp³-hybridized carbons (Fsp3) is 0.857. The smallest absolute Gasteiger partial charge is 0.327 e. The SMILES string of the molecule is O=C(O)C1CSC(C2CC2)N1C(=O)CC1CCCC1. The quantitative estimate of drug-likeness (QED) is 0.860. The zero-order chi connectivity index (χ0) is 13.4. The molecule has 0 aromatic carbocycles. The summed E-state index contributed by atoms with van der Waals surface area (Å²) in [5, 5.41) is 9.44. The fourth-order valence-electron chi connectivity index (χ4n) is 3.35. The monoisotopic (exact) mass is 283 g/mol. The molecule has 3 rings (SSSR count). The van der Waals surface area contributed by atoms with E-state index in [9.17, 15) is 14.7 Å². The molecule has 106 valence electrons. The largest absolute Gasteiger partial charge is 0.480 e. The van der Waals surface area contributed by atoms with Crippen molar-refractivity contribution in [1.29, 1.82) is 0 Å². The van der Waals surface area contributed by atoms with Crippen LogP contribution in [0.3, 0.4) is 0 Å². The maximum Gasteiger partial charge on any atom is 0.327 e. The van der Waals surface area contributed by atoms with Gasteiger partial charge in [-0.25, -0.2) is 4.79 Å². The van der Waals surface area contributed by atoms with Crippen LogP contribution in [0.25, 0.3) is 0 Å². The van der Waals surface area contributed by atoms with Crippen LogP contribution in [-0.4, -0.2) is 39.1 Å². The van der Waals surface area contributed by atoms with Crippen molar-refractivity contribution in [2.45, 2.75) is 56.4 Å². The third-order valence-electron chi connectivity index (χ3n) is 4.57. The Balaban J connectivity index is 1.69. The van der Waals surface area contributed by atoms with Gasteiger partial charge in [0.15, 0.2) is 0 Å². The number of carboxylic acids is 1. The van der Waals surface area contributed by atoms with Crippen molar-refractivity contribution >= 4 is 23.6 Å². The van der Waals surface area contributed by atoms with Crippen LogP contribution in [0.1, 0.15) is 44.9 Å². The summed E-state index contributed by atoms with van der Waals surface area (Å²) in [6, 6.07) is -0.593. The number of hydrogen-bond acceptors (Lipinski definition) is 3. The van der Waals surface area contributed by atoms with Crippen LogP contribution in [0, 0.1) is 11.8 Å². The lowest BCUT2D eigenvalue weighted by atomic mass is 10.0. The first-order chi connectivity index (χ1) is 9.16. The van der Waals surface area contributed by atoms with Crippen molar-refractivity contribution in [2.75, 3.05) is 5.75 Å². The zero-order valence-electron chi connectivity index (χ0n) is 11.1. The molecular weight excluding hydrogens is 262 g/mol. The van der Waals surface area contributed by atoms with E-state index in [1.165, 1.54) is 12.8 Å². The van der Waals surface area contributed by atoms with E-state index in [0.29, 0.717) is 24.0 Å². The van der Waals surface area contributed by atoms with Gasteiger partial charge in [-0.15, -0.1) is 11.8 Å². The lowest BCUT2D eigenvalue weighted by Crippen LogP contribution is -2.46. The lowest BCUT2D eigenvalue weighted by Gasteiger charge is -2.28. The summed E-state index contributed by atoms with van der Waals surface area (Å²) < 4.78 is 0. The Hall–Kier alpha value is -0.710. The standard InChI is InChI=1S/C14H21NO3S/c16-12(7-9-3-1-2-4-9)15-11(14(17)18)8-19-13(15)10-5-6-10/h9-11,13H,1-8H2,(H,17,18). The molecule has 1 saturated heterocycles. The molecule has 0 aromatic rings. The number of hydrogen-bond donors (Lipinski definition) is 1. The van der Waals surface area contributed by atoms with Gasteiger partial charge in [0.1, 0.15) is 6.04 Å². The minimum Gasteiger partial charge on any atom is -0.480 e. The molecule has 1 amide bonds. The molecule has 3 fully saturated rings. The zero-order valence-corrected chi connectivity index (χ0v) is 11.9. The van der Waals surface area contributed by atoms with Crippen molar-refractivity contribution in [3.8, 4) is 0 Å². The molecule has 0 bridgehead atoms. The van der Waals surface area contributed by atoms with Crippen molar-refractivity contribution in [3.05, 3.63) is 0 Å². The number of nitrogens with zero attached hydrogens (tertiary/aromatic N) is 1. The normalized spacial score (nSPS) is 31.9. The second-order valence-electron chi connectivity index (χ2n) is 6.07. The first-order valence-corrected chi connectivity index (χ1v) is 8.37. The van der Waals surface area contributed by atoms with Gasteiger partial charge in [-0.2, -0.15) is 0 Å². The predicted molar refractivity (Wildman–Crippen MR) is 73.8 cm³/mol. The Bertz CT molecular complexity index is 377. The summed E-state index contributed by atoms with van der Waals surface area (Å²) in [5.41, 5.74) is 0. The molecule has 1 heterocycles. The number of carboxylic acid groups (broad SMARTS) is 1. The van der Waals surface area contributed by atoms with E-state index in [1.807, 2.05) is 0 Å². The average molecular weight is 283 g/mol. The fourth-order valence-corrected chi connectivity index (χ4v) is 5.00. The van der Waals surface area contributed by atoms with E-state index >= 15 is 0 Å². The Morgan fingerprint density at radius 3 is 2.42 bits per heavy atom. The highest BCUT2D eigenvalue weighted by molar-refractivity contribution is 8.00. The van der Waals surface area contributed by atoms with Crippen LogP contribution in [-0.2, 0) is 9.59 Å². The Kier molecular flexibility index (Phi) is 3.74. The first-order valence-electron chi connectivity index (χ1n) is 7.32. The Labute approximate surface area is 117 Å². The summed E-state index contributed by atoms with van der Waals surface area (Å²) in [6.45, 7) is 0. The van der Waals surface area contributed by atoms with Gasteiger partial charge in [0.05, 0.1) is 5.37 Å². The van der Waals surface area contributed by atoms with Crippen LogP contribution in [0.15, 0.2) is 0 Å². The van der Waals surface area contributed by atoms with E-state index in [2.05, 4.69) is 0 Å². The second kappa shape index (κ2) is 5.35. The molecule has 0 aromatic heterocycles. The van der Waals surface area contributed by atoms with Crippen LogP contribution >= 0.6 is 11.8 Å².